The highest BCUT2D eigenvalue weighted by Crippen LogP contribution is 2.24. The van der Waals surface area contributed by atoms with Crippen molar-refractivity contribution in [3.63, 3.8) is 0 Å². The van der Waals surface area contributed by atoms with E-state index in [1.807, 2.05) is 37.3 Å². The molecule has 6 nitrogen and oxygen atoms in total. The van der Waals surface area contributed by atoms with E-state index < -0.39 is 5.54 Å². The molecular formula is C20H32ClN3O3. The van der Waals surface area contributed by atoms with Gasteiger partial charge >= 0.3 is 0 Å². The summed E-state index contributed by atoms with van der Waals surface area (Å²) in [5, 5.41) is 2.96. The van der Waals surface area contributed by atoms with Crippen LogP contribution in [0.2, 0.25) is 0 Å². The molecule has 0 saturated carbocycles. The van der Waals surface area contributed by atoms with Gasteiger partial charge in [-0.1, -0.05) is 30.3 Å². The summed E-state index contributed by atoms with van der Waals surface area (Å²) in [6, 6.07) is 9.43. The second-order valence-corrected chi connectivity index (χ2v) is 6.98. The highest BCUT2D eigenvalue weighted by atomic mass is 35.5. The second-order valence-electron chi connectivity index (χ2n) is 6.98. The van der Waals surface area contributed by atoms with Crippen molar-refractivity contribution in [1.82, 2.24) is 10.2 Å². The van der Waals surface area contributed by atoms with Crippen LogP contribution in [0.25, 0.3) is 0 Å². The van der Waals surface area contributed by atoms with E-state index >= 15 is 0 Å². The summed E-state index contributed by atoms with van der Waals surface area (Å²) < 4.78 is 5.26. The predicted octanol–water partition coefficient (Wildman–Crippen LogP) is 2.06. The van der Waals surface area contributed by atoms with Crippen molar-refractivity contribution in [2.45, 2.75) is 38.6 Å². The van der Waals surface area contributed by atoms with Crippen molar-refractivity contribution in [3.05, 3.63) is 35.9 Å². The van der Waals surface area contributed by atoms with Gasteiger partial charge in [0.1, 0.15) is 5.54 Å². The Labute approximate surface area is 168 Å². The molecular weight excluding hydrogens is 366 g/mol. The number of hydrogen-bond acceptors (Lipinski definition) is 4. The molecule has 1 heterocycles. The fourth-order valence-corrected chi connectivity index (χ4v) is 3.26. The molecule has 0 aromatic heterocycles. The molecule has 1 aliphatic heterocycles. The van der Waals surface area contributed by atoms with Crippen molar-refractivity contribution in [1.29, 1.82) is 0 Å². The summed E-state index contributed by atoms with van der Waals surface area (Å²) in [4.78, 5) is 26.9. The van der Waals surface area contributed by atoms with Gasteiger partial charge in [-0.2, -0.15) is 0 Å². The zero-order chi connectivity index (χ0) is 19.0. The average Bonchev–Trinajstić information content (AvgIpc) is 2.68. The van der Waals surface area contributed by atoms with E-state index in [4.69, 9.17) is 10.5 Å². The Morgan fingerprint density at radius 2 is 1.89 bits per heavy atom. The fourth-order valence-electron chi connectivity index (χ4n) is 3.26. The summed E-state index contributed by atoms with van der Waals surface area (Å²) in [6.45, 7) is 6.83. The molecule has 1 saturated heterocycles. The molecule has 0 aliphatic carbocycles. The predicted molar refractivity (Wildman–Crippen MR) is 109 cm³/mol. The van der Waals surface area contributed by atoms with Gasteiger partial charge in [0.2, 0.25) is 11.8 Å². The van der Waals surface area contributed by atoms with E-state index in [2.05, 4.69) is 5.32 Å². The minimum atomic E-state index is -1.05. The van der Waals surface area contributed by atoms with E-state index in [1.54, 1.807) is 11.8 Å². The van der Waals surface area contributed by atoms with E-state index in [-0.39, 0.29) is 30.1 Å². The molecule has 2 rings (SSSR count). The number of amides is 2. The lowest BCUT2D eigenvalue weighted by Crippen LogP contribution is -2.53. The third-order valence-electron chi connectivity index (χ3n) is 4.94. The molecule has 1 aliphatic rings. The maximum Gasteiger partial charge on any atom is 0.246 e. The number of piperidine rings is 1. The lowest BCUT2D eigenvalue weighted by molar-refractivity contribution is -0.140. The Morgan fingerprint density at radius 3 is 2.48 bits per heavy atom. The fraction of sp³-hybridized carbons (Fsp3) is 0.600. The van der Waals surface area contributed by atoms with Crippen molar-refractivity contribution >= 4 is 24.2 Å². The first-order chi connectivity index (χ1) is 12.5. The van der Waals surface area contributed by atoms with Crippen LogP contribution in [-0.2, 0) is 19.9 Å². The van der Waals surface area contributed by atoms with Gasteiger partial charge in [-0.3, -0.25) is 9.59 Å². The molecule has 0 bridgehead atoms. The molecule has 7 heteroatoms. The van der Waals surface area contributed by atoms with Crippen LogP contribution in [0.3, 0.4) is 0 Å². The quantitative estimate of drug-likeness (QED) is 0.657. The van der Waals surface area contributed by atoms with Gasteiger partial charge in [-0.05, 0) is 38.7 Å². The van der Waals surface area contributed by atoms with E-state index in [0.29, 0.717) is 45.7 Å². The molecule has 152 valence electrons. The molecule has 3 N–H and O–H groups in total. The van der Waals surface area contributed by atoms with E-state index in [9.17, 15) is 9.59 Å². The SMILES string of the molecule is CCOCCCNC(=O)C1CCN(C(=O)C(C)(N)c2ccccc2)CC1.Cl. The molecule has 1 atom stereocenters. The normalized spacial score (nSPS) is 16.9. The van der Waals surface area contributed by atoms with E-state index in [0.717, 1.165) is 12.0 Å². The minimum Gasteiger partial charge on any atom is -0.382 e. The molecule has 1 aromatic carbocycles. The number of nitrogens with two attached hydrogens (primary N) is 1. The number of hydrogen-bond donors (Lipinski definition) is 2. The Balaban J connectivity index is 0.00000364. The summed E-state index contributed by atoms with van der Waals surface area (Å²) in [6.07, 6.45) is 2.17. The number of nitrogens with one attached hydrogen (secondary N) is 1. The number of carbonyl (C=O) groups is 2. The summed E-state index contributed by atoms with van der Waals surface area (Å²) in [5.74, 6) is -0.0432. The molecule has 27 heavy (non-hydrogen) atoms. The van der Waals surface area contributed by atoms with Gasteiger partial charge in [0.15, 0.2) is 0 Å². The smallest absolute Gasteiger partial charge is 0.246 e. The second kappa shape index (κ2) is 11.3. The number of carbonyl (C=O) groups excluding carboxylic acids is 2. The standard InChI is InChI=1S/C20H31N3O3.ClH/c1-3-26-15-7-12-22-18(24)16-10-13-23(14-11-16)19(25)20(2,21)17-8-5-4-6-9-17;/h4-6,8-9,16H,3,7,10-15,21H2,1-2H3,(H,22,24);1H. The number of halogens is 1. The van der Waals surface area contributed by atoms with Gasteiger partial charge in [0, 0.05) is 38.8 Å². The van der Waals surface area contributed by atoms with Crippen LogP contribution in [0.15, 0.2) is 30.3 Å². The average molecular weight is 398 g/mol. The lowest BCUT2D eigenvalue weighted by Gasteiger charge is -2.36. The number of rotatable bonds is 8. The van der Waals surface area contributed by atoms with Gasteiger partial charge in [-0.25, -0.2) is 0 Å². The van der Waals surface area contributed by atoms with Crippen molar-refractivity contribution in [2.75, 3.05) is 32.8 Å². The zero-order valence-corrected chi connectivity index (χ0v) is 17.1. The first-order valence-corrected chi connectivity index (χ1v) is 9.46. The van der Waals surface area contributed by atoms with Crippen LogP contribution in [0.4, 0.5) is 0 Å². The van der Waals surface area contributed by atoms with Gasteiger partial charge in [0.25, 0.3) is 0 Å². The topological polar surface area (TPSA) is 84.7 Å². The van der Waals surface area contributed by atoms with Crippen molar-refractivity contribution in [3.8, 4) is 0 Å². The number of benzene rings is 1. The summed E-state index contributed by atoms with van der Waals surface area (Å²) in [7, 11) is 0. The lowest BCUT2D eigenvalue weighted by atomic mass is 9.89. The molecule has 2 amide bonds. The zero-order valence-electron chi connectivity index (χ0n) is 16.3. The molecule has 0 spiro atoms. The van der Waals surface area contributed by atoms with Gasteiger partial charge < -0.3 is 20.7 Å². The van der Waals surface area contributed by atoms with Crippen LogP contribution in [-0.4, -0.2) is 49.6 Å². The highest BCUT2D eigenvalue weighted by molar-refractivity contribution is 5.87. The summed E-state index contributed by atoms with van der Waals surface area (Å²) >= 11 is 0. The van der Waals surface area contributed by atoms with E-state index in [1.165, 1.54) is 0 Å². The highest BCUT2D eigenvalue weighted by Gasteiger charge is 2.36. The van der Waals surface area contributed by atoms with Crippen LogP contribution in [0, 0.1) is 5.92 Å². The number of ether oxygens (including phenoxy) is 1. The first-order valence-electron chi connectivity index (χ1n) is 9.46. The van der Waals surface area contributed by atoms with Gasteiger partial charge in [0.05, 0.1) is 0 Å². The van der Waals surface area contributed by atoms with Crippen LogP contribution in [0.1, 0.15) is 38.7 Å². The molecule has 1 aromatic rings. The Bertz CT molecular complexity index is 587. The van der Waals surface area contributed by atoms with Crippen molar-refractivity contribution in [2.24, 2.45) is 11.7 Å². The van der Waals surface area contributed by atoms with Crippen LogP contribution in [0.5, 0.6) is 0 Å². The number of nitrogens with zero attached hydrogens (tertiary/aromatic N) is 1. The monoisotopic (exact) mass is 397 g/mol. The third kappa shape index (κ3) is 6.48. The Morgan fingerprint density at radius 1 is 1.26 bits per heavy atom. The first kappa shape index (κ1) is 23.4. The summed E-state index contributed by atoms with van der Waals surface area (Å²) in [5.41, 5.74) is 6.09. The Hall–Kier alpha value is -1.63. The maximum atomic E-state index is 12.9. The Kier molecular flexibility index (Phi) is 9.77. The molecule has 1 fully saturated rings. The maximum absolute atomic E-state index is 12.9. The third-order valence-corrected chi connectivity index (χ3v) is 4.94. The van der Waals surface area contributed by atoms with Crippen molar-refractivity contribution < 1.29 is 14.3 Å². The van der Waals surface area contributed by atoms with Crippen LogP contribution >= 0.6 is 12.4 Å². The van der Waals surface area contributed by atoms with Gasteiger partial charge in [-0.15, -0.1) is 12.4 Å². The largest absolute Gasteiger partial charge is 0.382 e. The molecule has 1 unspecified atom stereocenters. The molecule has 0 radical (unpaired) electrons. The van der Waals surface area contributed by atoms with Crippen LogP contribution < -0.4 is 11.1 Å². The number of likely N-dealkylation sites (tertiary alicyclic amines) is 1. The minimum absolute atomic E-state index is 0.